The first-order valence-corrected chi connectivity index (χ1v) is 12.7. The molecule has 4 atom stereocenters. The van der Waals surface area contributed by atoms with Gasteiger partial charge in [0.05, 0.1) is 5.56 Å². The molecule has 0 bridgehead atoms. The van der Waals surface area contributed by atoms with Gasteiger partial charge in [0.2, 0.25) is 0 Å². The summed E-state index contributed by atoms with van der Waals surface area (Å²) in [4.78, 5) is 27.8. The quantitative estimate of drug-likeness (QED) is 0.575. The summed E-state index contributed by atoms with van der Waals surface area (Å²) in [5.74, 6) is 5.52. The molecular formula is C30H31NO3. The fourth-order valence-electron chi connectivity index (χ4n) is 7.06. The SMILES string of the molecule is C[C@]12CC[C@@H]3c4cc(C(=O)N5C#CCC5)c(OCc5ccccc5)cc4CC[C@H]3[C@@H]1CCC2=O. The largest absolute Gasteiger partial charge is 0.488 e. The average Bonchev–Trinajstić information content (AvgIpc) is 3.51. The summed E-state index contributed by atoms with van der Waals surface area (Å²) in [6, 6.07) is 17.3. The van der Waals surface area contributed by atoms with Crippen molar-refractivity contribution in [2.24, 2.45) is 17.3 Å². The van der Waals surface area contributed by atoms with Crippen molar-refractivity contribution in [1.29, 1.82) is 0 Å². The number of hydrogen-bond donors (Lipinski definition) is 0. The molecule has 4 nitrogen and oxygen atoms in total. The highest BCUT2D eigenvalue weighted by atomic mass is 16.5. The Kier molecular flexibility index (Phi) is 5.25. The van der Waals surface area contributed by atoms with Crippen LogP contribution in [0.2, 0.25) is 0 Å². The Balaban J connectivity index is 1.36. The van der Waals surface area contributed by atoms with E-state index in [0.717, 1.165) is 50.5 Å². The van der Waals surface area contributed by atoms with Crippen LogP contribution in [-0.4, -0.2) is 23.1 Å². The van der Waals surface area contributed by atoms with Gasteiger partial charge in [-0.25, -0.2) is 0 Å². The number of ether oxygens (including phenoxy) is 1. The van der Waals surface area contributed by atoms with Gasteiger partial charge in [0, 0.05) is 30.8 Å². The van der Waals surface area contributed by atoms with Crippen molar-refractivity contribution in [2.75, 3.05) is 6.54 Å². The maximum atomic E-state index is 13.5. The molecule has 0 aromatic heterocycles. The lowest BCUT2D eigenvalue weighted by Gasteiger charge is -2.48. The molecule has 0 spiro atoms. The molecule has 34 heavy (non-hydrogen) atoms. The minimum Gasteiger partial charge on any atom is -0.488 e. The fourth-order valence-corrected chi connectivity index (χ4v) is 7.06. The van der Waals surface area contributed by atoms with Crippen LogP contribution in [0, 0.1) is 29.2 Å². The van der Waals surface area contributed by atoms with Crippen LogP contribution in [0.4, 0.5) is 0 Å². The van der Waals surface area contributed by atoms with Gasteiger partial charge in [-0.1, -0.05) is 43.2 Å². The molecule has 6 rings (SSSR count). The first kappa shape index (κ1) is 21.5. The molecular weight excluding hydrogens is 422 g/mol. The van der Waals surface area contributed by atoms with Gasteiger partial charge in [-0.3, -0.25) is 14.5 Å². The number of nitrogens with zero attached hydrogens (tertiary/aromatic N) is 1. The Labute approximate surface area is 201 Å². The number of ketones is 1. The summed E-state index contributed by atoms with van der Waals surface area (Å²) in [7, 11) is 0. The van der Waals surface area contributed by atoms with Gasteiger partial charge in [0.25, 0.3) is 5.91 Å². The molecule has 2 fully saturated rings. The molecule has 0 saturated heterocycles. The van der Waals surface area contributed by atoms with E-state index in [1.807, 2.05) is 30.3 Å². The predicted molar refractivity (Wildman–Crippen MR) is 130 cm³/mol. The van der Waals surface area contributed by atoms with Crippen molar-refractivity contribution in [3.8, 4) is 17.7 Å². The molecule has 4 heteroatoms. The first-order valence-electron chi connectivity index (χ1n) is 12.7. The minimum absolute atomic E-state index is 0.0605. The second-order valence-electron chi connectivity index (χ2n) is 10.7. The molecule has 1 aliphatic heterocycles. The number of fused-ring (bicyclic) bond motifs is 5. The van der Waals surface area contributed by atoms with E-state index < -0.39 is 0 Å². The van der Waals surface area contributed by atoms with Gasteiger partial charge >= 0.3 is 0 Å². The second kappa shape index (κ2) is 8.31. The van der Waals surface area contributed by atoms with Gasteiger partial charge in [-0.05, 0) is 78.7 Å². The zero-order valence-corrected chi connectivity index (χ0v) is 19.8. The molecule has 0 unspecified atom stereocenters. The third-order valence-corrected chi connectivity index (χ3v) is 8.92. The van der Waals surface area contributed by atoms with Crippen molar-refractivity contribution in [2.45, 2.75) is 64.4 Å². The molecule has 0 N–H and O–H groups in total. The average molecular weight is 454 g/mol. The molecule has 0 radical (unpaired) electrons. The monoisotopic (exact) mass is 453 g/mol. The highest BCUT2D eigenvalue weighted by Gasteiger charge is 2.54. The molecule has 3 aliphatic carbocycles. The van der Waals surface area contributed by atoms with E-state index in [0.29, 0.717) is 48.0 Å². The number of benzene rings is 2. The van der Waals surface area contributed by atoms with E-state index in [-0.39, 0.29) is 11.3 Å². The number of rotatable bonds is 4. The van der Waals surface area contributed by atoms with Crippen molar-refractivity contribution in [3.05, 3.63) is 64.7 Å². The Bertz CT molecular complexity index is 1210. The van der Waals surface area contributed by atoms with E-state index in [4.69, 9.17) is 4.74 Å². The van der Waals surface area contributed by atoms with Crippen LogP contribution in [0.5, 0.6) is 5.75 Å². The van der Waals surface area contributed by atoms with Crippen LogP contribution in [0.25, 0.3) is 0 Å². The number of carbonyl (C=O) groups excluding carboxylic acids is 2. The van der Waals surface area contributed by atoms with E-state index >= 15 is 0 Å². The van der Waals surface area contributed by atoms with E-state index in [1.54, 1.807) is 4.90 Å². The summed E-state index contributed by atoms with van der Waals surface area (Å²) in [6.45, 7) is 3.25. The van der Waals surface area contributed by atoms with E-state index in [1.165, 1.54) is 11.1 Å². The molecule has 4 aliphatic rings. The topological polar surface area (TPSA) is 46.6 Å². The van der Waals surface area contributed by atoms with Crippen LogP contribution in [0.3, 0.4) is 0 Å². The summed E-state index contributed by atoms with van der Waals surface area (Å²) in [5.41, 5.74) is 4.18. The Morgan fingerprint density at radius 3 is 2.79 bits per heavy atom. The van der Waals surface area contributed by atoms with Gasteiger partial charge < -0.3 is 4.74 Å². The van der Waals surface area contributed by atoms with Crippen molar-refractivity contribution < 1.29 is 14.3 Å². The second-order valence-corrected chi connectivity index (χ2v) is 10.7. The summed E-state index contributed by atoms with van der Waals surface area (Å²) >= 11 is 0. The van der Waals surface area contributed by atoms with E-state index in [2.05, 4.69) is 31.0 Å². The molecule has 2 aromatic carbocycles. The van der Waals surface area contributed by atoms with Crippen LogP contribution in [0.15, 0.2) is 42.5 Å². The number of amides is 1. The van der Waals surface area contributed by atoms with Crippen molar-refractivity contribution >= 4 is 11.7 Å². The molecule has 1 amide bonds. The Hall–Kier alpha value is -3.06. The van der Waals surface area contributed by atoms with Gasteiger partial charge in [-0.2, -0.15) is 0 Å². The van der Waals surface area contributed by atoms with Crippen molar-refractivity contribution in [1.82, 2.24) is 4.90 Å². The smallest absolute Gasteiger partial charge is 0.269 e. The number of carbonyl (C=O) groups is 2. The lowest BCUT2D eigenvalue weighted by molar-refractivity contribution is -0.129. The van der Waals surface area contributed by atoms with Crippen LogP contribution in [0.1, 0.15) is 78.4 Å². The van der Waals surface area contributed by atoms with Gasteiger partial charge in [-0.15, -0.1) is 0 Å². The zero-order chi connectivity index (χ0) is 23.3. The van der Waals surface area contributed by atoms with Crippen LogP contribution >= 0.6 is 0 Å². The zero-order valence-electron chi connectivity index (χ0n) is 19.8. The standard InChI is InChI=1S/C30H31NO3/c1-30-14-13-22-23(26(30)11-12-28(30)32)10-9-21-17-27(34-19-20-7-3-2-4-8-20)25(18-24(21)22)29(33)31-15-5-6-16-31/h2-4,7-8,17-18,22-23,26H,5,9-15,19H2,1H3/t22-,23+,26-,30-/m0/s1. The van der Waals surface area contributed by atoms with Gasteiger partial charge in [0.15, 0.2) is 0 Å². The lowest BCUT2D eigenvalue weighted by atomic mass is 9.55. The highest BCUT2D eigenvalue weighted by Crippen LogP contribution is 2.59. The molecule has 1 heterocycles. The number of hydrogen-bond acceptors (Lipinski definition) is 3. The maximum absolute atomic E-state index is 13.5. The maximum Gasteiger partial charge on any atom is 0.269 e. The normalized spacial score (nSPS) is 29.0. The lowest BCUT2D eigenvalue weighted by Crippen LogP contribution is -2.42. The molecule has 2 saturated carbocycles. The Morgan fingerprint density at radius 1 is 1.15 bits per heavy atom. The van der Waals surface area contributed by atoms with Crippen molar-refractivity contribution in [3.63, 3.8) is 0 Å². The number of aryl methyl sites for hydroxylation is 1. The number of Topliss-reactive ketones (excluding diaryl/α,β-unsaturated/α-hetero) is 1. The third kappa shape index (κ3) is 3.45. The predicted octanol–water partition coefficient (Wildman–Crippen LogP) is 5.50. The summed E-state index contributed by atoms with van der Waals surface area (Å²) < 4.78 is 6.27. The molecule has 2 aromatic rings. The van der Waals surface area contributed by atoms with Crippen LogP contribution < -0.4 is 4.74 Å². The van der Waals surface area contributed by atoms with Gasteiger partial charge in [0.1, 0.15) is 18.1 Å². The first-order chi connectivity index (χ1) is 16.5. The van der Waals surface area contributed by atoms with Crippen LogP contribution in [-0.2, 0) is 17.8 Å². The van der Waals surface area contributed by atoms with E-state index in [9.17, 15) is 9.59 Å². The fraction of sp³-hybridized carbons (Fsp3) is 0.467. The molecule has 174 valence electrons. The highest BCUT2D eigenvalue weighted by molar-refractivity contribution is 5.98. The summed E-state index contributed by atoms with van der Waals surface area (Å²) in [6.07, 6.45) is 6.57. The minimum atomic E-state index is -0.138. The Morgan fingerprint density at radius 2 is 2.00 bits per heavy atom. The third-order valence-electron chi connectivity index (χ3n) is 8.92. The summed E-state index contributed by atoms with van der Waals surface area (Å²) in [5, 5.41) is 0.